The van der Waals surface area contributed by atoms with Crippen molar-refractivity contribution in [1.29, 1.82) is 0 Å². The summed E-state index contributed by atoms with van der Waals surface area (Å²) in [6, 6.07) is 33.3. The van der Waals surface area contributed by atoms with Crippen LogP contribution < -0.4 is 4.74 Å². The van der Waals surface area contributed by atoms with Crippen molar-refractivity contribution in [3.8, 4) is 16.9 Å². The second-order valence-electron chi connectivity index (χ2n) is 11.6. The van der Waals surface area contributed by atoms with E-state index in [4.69, 9.17) is 0 Å². The van der Waals surface area contributed by atoms with Gasteiger partial charge in [-0.25, -0.2) is 0 Å². The van der Waals surface area contributed by atoms with Crippen molar-refractivity contribution in [2.24, 2.45) is 5.92 Å². The van der Waals surface area contributed by atoms with Crippen molar-refractivity contribution in [3.05, 3.63) is 156 Å². The summed E-state index contributed by atoms with van der Waals surface area (Å²) in [6.07, 6.45) is 9.50. The molecular weight excluding hydrogens is 581 g/mol. The van der Waals surface area contributed by atoms with Gasteiger partial charge >= 0.3 is 6.36 Å². The highest BCUT2D eigenvalue weighted by Crippen LogP contribution is 2.44. The number of fused-ring (bicyclic) bond motifs is 5. The summed E-state index contributed by atoms with van der Waals surface area (Å²) in [5.41, 5.74) is 9.87. The van der Waals surface area contributed by atoms with Crippen LogP contribution in [0.25, 0.3) is 38.4 Å². The van der Waals surface area contributed by atoms with E-state index in [1.165, 1.54) is 39.8 Å². The zero-order chi connectivity index (χ0) is 31.5. The summed E-state index contributed by atoms with van der Waals surface area (Å²) >= 11 is 0. The highest BCUT2D eigenvalue weighted by molar-refractivity contribution is 5.96. The molecule has 6 aromatic rings. The van der Waals surface area contributed by atoms with Crippen molar-refractivity contribution in [1.82, 2.24) is 9.97 Å². The smallest absolute Gasteiger partial charge is 0.406 e. The SMILES string of the molecule is FC(F)(F)Oc1ccc(-c2ccc3c4c(ccc3c2)C2=C(CCC=C2)C(Cc2ccccc2)C4)cc1.c1cnc2ccncc2c1. The molecule has 0 fully saturated rings. The molecule has 4 aromatic carbocycles. The quantitative estimate of drug-likeness (QED) is 0.199. The Kier molecular flexibility index (Phi) is 8.10. The van der Waals surface area contributed by atoms with Crippen LogP contribution in [0.15, 0.2) is 139 Å². The van der Waals surface area contributed by atoms with Crippen LogP contribution in [0.3, 0.4) is 0 Å². The molecule has 6 heteroatoms. The van der Waals surface area contributed by atoms with Gasteiger partial charge in [0.25, 0.3) is 0 Å². The predicted molar refractivity (Wildman–Crippen MR) is 178 cm³/mol. The molecule has 0 bridgehead atoms. The molecule has 0 radical (unpaired) electrons. The summed E-state index contributed by atoms with van der Waals surface area (Å²) in [5, 5.41) is 3.48. The minimum Gasteiger partial charge on any atom is -0.406 e. The van der Waals surface area contributed by atoms with Crippen molar-refractivity contribution in [3.63, 3.8) is 0 Å². The van der Waals surface area contributed by atoms with Gasteiger partial charge in [0.15, 0.2) is 0 Å². The molecule has 2 aliphatic rings. The second kappa shape index (κ2) is 12.6. The lowest BCUT2D eigenvalue weighted by molar-refractivity contribution is -0.274. The fourth-order valence-corrected chi connectivity index (χ4v) is 6.64. The van der Waals surface area contributed by atoms with E-state index in [0.717, 1.165) is 53.1 Å². The van der Waals surface area contributed by atoms with E-state index >= 15 is 0 Å². The number of nitrogens with zero attached hydrogens (tertiary/aromatic N) is 2. The van der Waals surface area contributed by atoms with E-state index in [9.17, 15) is 13.2 Å². The largest absolute Gasteiger partial charge is 0.573 e. The third kappa shape index (κ3) is 6.43. The van der Waals surface area contributed by atoms with E-state index < -0.39 is 6.36 Å². The molecule has 0 saturated heterocycles. The molecule has 2 heterocycles. The molecule has 0 spiro atoms. The topological polar surface area (TPSA) is 35.0 Å². The maximum absolute atomic E-state index is 12.5. The molecule has 0 amide bonds. The first kappa shape index (κ1) is 29.5. The Bertz CT molecular complexity index is 2000. The average molecular weight is 613 g/mol. The van der Waals surface area contributed by atoms with Crippen molar-refractivity contribution >= 4 is 27.2 Å². The van der Waals surface area contributed by atoms with Gasteiger partial charge in [0.1, 0.15) is 5.75 Å². The molecule has 1 atom stereocenters. The fraction of sp³-hybridized carbons (Fsp3) is 0.150. The number of ether oxygens (including phenoxy) is 1. The highest BCUT2D eigenvalue weighted by Gasteiger charge is 2.31. The van der Waals surface area contributed by atoms with Gasteiger partial charge in [-0.2, -0.15) is 0 Å². The zero-order valence-corrected chi connectivity index (χ0v) is 25.0. The number of hydrogen-bond acceptors (Lipinski definition) is 3. The predicted octanol–water partition coefficient (Wildman–Crippen LogP) is 10.6. The van der Waals surface area contributed by atoms with Gasteiger partial charge in [-0.05, 0) is 112 Å². The van der Waals surface area contributed by atoms with E-state index in [2.05, 4.69) is 87.5 Å². The summed E-state index contributed by atoms with van der Waals surface area (Å²) in [7, 11) is 0. The molecule has 2 aliphatic carbocycles. The van der Waals surface area contributed by atoms with E-state index in [1.807, 2.05) is 24.4 Å². The van der Waals surface area contributed by atoms with Crippen LogP contribution in [0.1, 0.15) is 29.5 Å². The fourth-order valence-electron chi connectivity index (χ4n) is 6.64. The van der Waals surface area contributed by atoms with Crippen LogP contribution in [0.2, 0.25) is 0 Å². The summed E-state index contributed by atoms with van der Waals surface area (Å²) < 4.78 is 41.5. The van der Waals surface area contributed by atoms with Crippen LogP contribution in [-0.2, 0) is 12.8 Å². The standard InChI is InChI=1S/C32H25F3O.C8H6N2/c33-32(34,35)36-26-14-10-22(11-15-26)23-12-16-28-24(19-23)13-17-30-29-9-5-4-8-27(29)25(20-31(28)30)18-21-6-2-1-3-7-21;1-2-7-6-9-5-3-8(7)10-4-1/h1-3,5-7,9-17,19,25H,4,8,18,20H2;1-6H. The maximum Gasteiger partial charge on any atom is 0.573 e. The van der Waals surface area contributed by atoms with Gasteiger partial charge in [0.05, 0.1) is 5.52 Å². The van der Waals surface area contributed by atoms with Gasteiger partial charge in [0.2, 0.25) is 0 Å². The van der Waals surface area contributed by atoms with Crippen molar-refractivity contribution in [2.45, 2.75) is 32.0 Å². The Morgan fingerprint density at radius 1 is 0.783 bits per heavy atom. The number of allylic oxidation sites excluding steroid dienone is 4. The lowest BCUT2D eigenvalue weighted by Gasteiger charge is -2.32. The number of alkyl halides is 3. The monoisotopic (exact) mass is 612 g/mol. The van der Waals surface area contributed by atoms with Crippen molar-refractivity contribution in [2.75, 3.05) is 0 Å². The first-order valence-corrected chi connectivity index (χ1v) is 15.4. The van der Waals surface area contributed by atoms with Gasteiger partial charge in [-0.15, -0.1) is 13.2 Å². The molecule has 0 saturated carbocycles. The molecule has 228 valence electrons. The summed E-state index contributed by atoms with van der Waals surface area (Å²) in [6.45, 7) is 0. The number of aromatic nitrogens is 2. The summed E-state index contributed by atoms with van der Waals surface area (Å²) in [4.78, 5) is 8.11. The van der Waals surface area contributed by atoms with Crippen molar-refractivity contribution < 1.29 is 17.9 Å². The lowest BCUT2D eigenvalue weighted by Crippen LogP contribution is -2.20. The molecule has 0 aliphatic heterocycles. The Labute approximate surface area is 265 Å². The van der Waals surface area contributed by atoms with Crippen LogP contribution in [0, 0.1) is 5.92 Å². The number of pyridine rings is 2. The van der Waals surface area contributed by atoms with E-state index in [1.54, 1.807) is 30.1 Å². The summed E-state index contributed by atoms with van der Waals surface area (Å²) in [5.74, 6) is 0.265. The zero-order valence-electron chi connectivity index (χ0n) is 25.0. The first-order valence-electron chi connectivity index (χ1n) is 15.4. The molecule has 46 heavy (non-hydrogen) atoms. The molecule has 1 unspecified atom stereocenters. The van der Waals surface area contributed by atoms with Crippen LogP contribution in [0.4, 0.5) is 13.2 Å². The Morgan fingerprint density at radius 3 is 2.41 bits per heavy atom. The number of hydrogen-bond donors (Lipinski definition) is 0. The molecule has 2 aromatic heterocycles. The second-order valence-corrected chi connectivity index (χ2v) is 11.6. The molecule has 0 N–H and O–H groups in total. The van der Waals surface area contributed by atoms with Crippen LogP contribution in [-0.4, -0.2) is 16.3 Å². The maximum atomic E-state index is 12.5. The highest BCUT2D eigenvalue weighted by atomic mass is 19.4. The van der Waals surface area contributed by atoms with E-state index in [-0.39, 0.29) is 5.75 Å². The van der Waals surface area contributed by atoms with Gasteiger partial charge in [-0.1, -0.05) is 84.5 Å². The third-order valence-corrected chi connectivity index (χ3v) is 8.73. The average Bonchev–Trinajstić information content (AvgIpc) is 3.08. The number of rotatable bonds is 4. The Hall–Kier alpha value is -5.23. The van der Waals surface area contributed by atoms with E-state index in [0.29, 0.717) is 5.92 Å². The lowest BCUT2D eigenvalue weighted by atomic mass is 9.72. The molecule has 3 nitrogen and oxygen atoms in total. The van der Waals surface area contributed by atoms with Gasteiger partial charge < -0.3 is 4.74 Å². The molecular formula is C40H31F3N2O. The van der Waals surface area contributed by atoms with Gasteiger partial charge in [0, 0.05) is 24.0 Å². The van der Waals surface area contributed by atoms with Crippen LogP contribution in [0.5, 0.6) is 5.75 Å². The third-order valence-electron chi connectivity index (χ3n) is 8.73. The Balaban J connectivity index is 0.000000286. The number of halogens is 3. The minimum atomic E-state index is -4.69. The normalized spacial score (nSPS) is 15.6. The first-order chi connectivity index (χ1) is 22.4. The molecule has 8 rings (SSSR count). The van der Waals surface area contributed by atoms with Gasteiger partial charge in [-0.3, -0.25) is 9.97 Å². The Morgan fingerprint density at radius 2 is 1.61 bits per heavy atom. The number of benzene rings is 4. The van der Waals surface area contributed by atoms with Crippen LogP contribution >= 0.6 is 0 Å². The minimum absolute atomic E-state index is 0.213.